The summed E-state index contributed by atoms with van der Waals surface area (Å²) in [5.41, 5.74) is 4.31. The Morgan fingerprint density at radius 3 is 3.00 bits per heavy atom. The number of piperidine rings is 1. The maximum atomic E-state index is 12.6. The van der Waals surface area contributed by atoms with Gasteiger partial charge in [0.15, 0.2) is 5.65 Å². The minimum Gasteiger partial charge on any atom is -0.369 e. The zero-order valence-electron chi connectivity index (χ0n) is 15.6. The molecule has 4 heterocycles. The summed E-state index contributed by atoms with van der Waals surface area (Å²) in [6.07, 6.45) is 3.76. The van der Waals surface area contributed by atoms with Crippen molar-refractivity contribution in [3.8, 4) is 0 Å². The molecule has 0 aromatic carbocycles. The molecule has 140 valence electrons. The molecule has 1 fully saturated rings. The van der Waals surface area contributed by atoms with Gasteiger partial charge in [-0.1, -0.05) is 6.07 Å². The van der Waals surface area contributed by atoms with Gasteiger partial charge in [0, 0.05) is 18.0 Å². The fraction of sp³-hybridized carbons (Fsp3) is 0.400. The van der Waals surface area contributed by atoms with Crippen LogP contribution in [0.3, 0.4) is 0 Å². The number of aryl methyl sites for hydroxylation is 2. The first-order valence-electron chi connectivity index (χ1n) is 9.26. The number of nitrogens with one attached hydrogen (secondary N) is 1. The summed E-state index contributed by atoms with van der Waals surface area (Å²) in [7, 11) is 0. The number of nitrogens with zero attached hydrogens (tertiary/aromatic N) is 4. The molecular weight excluding hydrogens is 358 g/mol. The van der Waals surface area contributed by atoms with Crippen molar-refractivity contribution >= 4 is 34.1 Å². The molecule has 1 saturated heterocycles. The molecule has 1 amide bonds. The Bertz CT molecular complexity index is 956. The molecule has 0 radical (unpaired) electrons. The summed E-state index contributed by atoms with van der Waals surface area (Å²) < 4.78 is 0. The lowest BCUT2D eigenvalue weighted by Gasteiger charge is -2.33. The second kappa shape index (κ2) is 7.60. The maximum absolute atomic E-state index is 12.6. The molecule has 7 heteroatoms. The highest BCUT2D eigenvalue weighted by Crippen LogP contribution is 2.25. The van der Waals surface area contributed by atoms with Crippen LogP contribution >= 0.6 is 11.3 Å². The third-order valence-electron chi connectivity index (χ3n) is 5.09. The summed E-state index contributed by atoms with van der Waals surface area (Å²) in [4.78, 5) is 29.6. The SMILES string of the molecule is Cc1nc2cc(N3CCC[C@H](C(=O)NCc4cccs4)C3)cnc2nc1C. The molecule has 0 bridgehead atoms. The lowest BCUT2D eigenvalue weighted by atomic mass is 9.96. The minimum atomic E-state index is 0.000229. The zero-order valence-corrected chi connectivity index (χ0v) is 16.4. The molecule has 3 aromatic heterocycles. The fourth-order valence-electron chi connectivity index (χ4n) is 3.44. The lowest BCUT2D eigenvalue weighted by molar-refractivity contribution is -0.125. The van der Waals surface area contributed by atoms with E-state index in [9.17, 15) is 4.79 Å². The first-order valence-corrected chi connectivity index (χ1v) is 10.1. The minimum absolute atomic E-state index is 0.000229. The van der Waals surface area contributed by atoms with Crippen molar-refractivity contribution in [3.63, 3.8) is 0 Å². The molecule has 1 aliphatic heterocycles. The fourth-order valence-corrected chi connectivity index (χ4v) is 4.08. The van der Waals surface area contributed by atoms with Gasteiger partial charge in [0.1, 0.15) is 5.52 Å². The number of rotatable bonds is 4. The van der Waals surface area contributed by atoms with E-state index in [1.807, 2.05) is 43.6 Å². The van der Waals surface area contributed by atoms with Crippen molar-refractivity contribution in [2.75, 3.05) is 18.0 Å². The quantitative estimate of drug-likeness (QED) is 0.751. The van der Waals surface area contributed by atoms with Crippen LogP contribution in [0.5, 0.6) is 0 Å². The van der Waals surface area contributed by atoms with Gasteiger partial charge in [-0.25, -0.2) is 15.0 Å². The molecule has 27 heavy (non-hydrogen) atoms. The second-order valence-electron chi connectivity index (χ2n) is 7.01. The Labute approximate surface area is 162 Å². The Morgan fingerprint density at radius 1 is 1.33 bits per heavy atom. The van der Waals surface area contributed by atoms with Crippen LogP contribution in [0.15, 0.2) is 29.8 Å². The van der Waals surface area contributed by atoms with E-state index in [1.54, 1.807) is 11.3 Å². The van der Waals surface area contributed by atoms with Crippen molar-refractivity contribution in [3.05, 3.63) is 46.0 Å². The maximum Gasteiger partial charge on any atom is 0.225 e. The molecule has 6 nitrogen and oxygen atoms in total. The van der Waals surface area contributed by atoms with Gasteiger partial charge in [-0.15, -0.1) is 11.3 Å². The molecule has 0 saturated carbocycles. The molecule has 4 rings (SSSR count). The van der Waals surface area contributed by atoms with Crippen LogP contribution in [-0.2, 0) is 11.3 Å². The molecule has 1 aliphatic rings. The number of anilines is 1. The Morgan fingerprint density at radius 2 is 2.19 bits per heavy atom. The Kier molecular flexibility index (Phi) is 5.03. The number of amides is 1. The van der Waals surface area contributed by atoms with E-state index in [1.165, 1.54) is 4.88 Å². The van der Waals surface area contributed by atoms with Crippen molar-refractivity contribution in [1.29, 1.82) is 0 Å². The van der Waals surface area contributed by atoms with Gasteiger partial charge in [-0.3, -0.25) is 4.79 Å². The summed E-state index contributed by atoms with van der Waals surface area (Å²) in [5.74, 6) is 0.133. The zero-order chi connectivity index (χ0) is 18.8. The summed E-state index contributed by atoms with van der Waals surface area (Å²) in [5, 5.41) is 5.11. The van der Waals surface area contributed by atoms with Crippen LogP contribution in [0.2, 0.25) is 0 Å². The van der Waals surface area contributed by atoms with Gasteiger partial charge in [0.2, 0.25) is 5.91 Å². The van der Waals surface area contributed by atoms with E-state index >= 15 is 0 Å². The van der Waals surface area contributed by atoms with E-state index in [0.717, 1.165) is 42.0 Å². The number of aromatic nitrogens is 3. The monoisotopic (exact) mass is 381 g/mol. The van der Waals surface area contributed by atoms with Gasteiger partial charge >= 0.3 is 0 Å². The molecule has 0 spiro atoms. The largest absolute Gasteiger partial charge is 0.369 e. The number of carbonyl (C=O) groups excluding carboxylic acids is 1. The summed E-state index contributed by atoms with van der Waals surface area (Å²) >= 11 is 1.67. The number of hydrogen-bond acceptors (Lipinski definition) is 6. The Hall–Kier alpha value is -2.54. The van der Waals surface area contributed by atoms with Gasteiger partial charge in [-0.05, 0) is 44.2 Å². The molecule has 1 atom stereocenters. The van der Waals surface area contributed by atoms with Gasteiger partial charge < -0.3 is 10.2 Å². The van der Waals surface area contributed by atoms with Crippen LogP contribution in [0.1, 0.15) is 29.1 Å². The highest BCUT2D eigenvalue weighted by molar-refractivity contribution is 7.09. The number of carbonyl (C=O) groups is 1. The van der Waals surface area contributed by atoms with E-state index in [4.69, 9.17) is 0 Å². The lowest BCUT2D eigenvalue weighted by Crippen LogP contribution is -2.43. The number of hydrogen-bond donors (Lipinski definition) is 1. The van der Waals surface area contributed by atoms with E-state index < -0.39 is 0 Å². The highest BCUT2D eigenvalue weighted by atomic mass is 32.1. The first kappa shape index (κ1) is 17.9. The van der Waals surface area contributed by atoms with Crippen LogP contribution in [-0.4, -0.2) is 33.9 Å². The number of pyridine rings is 1. The first-order chi connectivity index (χ1) is 13.1. The average Bonchev–Trinajstić information content (AvgIpc) is 3.20. The molecule has 1 N–H and O–H groups in total. The van der Waals surface area contributed by atoms with Crippen molar-refractivity contribution < 1.29 is 4.79 Å². The highest BCUT2D eigenvalue weighted by Gasteiger charge is 2.26. The Balaban J connectivity index is 1.46. The number of fused-ring (bicyclic) bond motifs is 1. The van der Waals surface area contributed by atoms with E-state index in [0.29, 0.717) is 18.7 Å². The normalized spacial score (nSPS) is 17.3. The topological polar surface area (TPSA) is 71.0 Å². The van der Waals surface area contributed by atoms with Gasteiger partial charge in [-0.2, -0.15) is 0 Å². The predicted molar refractivity (Wildman–Crippen MR) is 108 cm³/mol. The molecule has 0 aliphatic carbocycles. The summed E-state index contributed by atoms with van der Waals surface area (Å²) in [6.45, 7) is 6.16. The molecular formula is C20H23N5OS. The van der Waals surface area contributed by atoms with Crippen molar-refractivity contribution in [2.45, 2.75) is 33.2 Å². The third-order valence-corrected chi connectivity index (χ3v) is 5.97. The standard InChI is InChI=1S/C20H23N5OS/c1-13-14(2)24-19-18(23-13)9-16(10-21-19)25-7-3-5-15(12-25)20(26)22-11-17-6-4-8-27-17/h4,6,8-10,15H,3,5,7,11-12H2,1-2H3,(H,22,26)/t15-/m0/s1. The van der Waals surface area contributed by atoms with Gasteiger partial charge in [0.05, 0.1) is 35.7 Å². The summed E-state index contributed by atoms with van der Waals surface area (Å²) in [6, 6.07) is 6.09. The van der Waals surface area contributed by atoms with Crippen molar-refractivity contribution in [2.24, 2.45) is 5.92 Å². The van der Waals surface area contributed by atoms with E-state index in [2.05, 4.69) is 25.2 Å². The smallest absolute Gasteiger partial charge is 0.225 e. The van der Waals surface area contributed by atoms with Crippen LogP contribution in [0.4, 0.5) is 5.69 Å². The van der Waals surface area contributed by atoms with Crippen LogP contribution in [0.25, 0.3) is 11.2 Å². The molecule has 3 aromatic rings. The third kappa shape index (κ3) is 3.93. The van der Waals surface area contributed by atoms with Gasteiger partial charge in [0.25, 0.3) is 0 Å². The predicted octanol–water partition coefficient (Wildman–Crippen LogP) is 3.24. The van der Waals surface area contributed by atoms with E-state index in [-0.39, 0.29) is 11.8 Å². The van der Waals surface area contributed by atoms with Crippen molar-refractivity contribution in [1.82, 2.24) is 20.3 Å². The number of thiophene rings is 1. The van der Waals surface area contributed by atoms with Crippen LogP contribution in [0, 0.1) is 19.8 Å². The van der Waals surface area contributed by atoms with Crippen LogP contribution < -0.4 is 10.2 Å². The molecule has 0 unspecified atom stereocenters. The second-order valence-corrected chi connectivity index (χ2v) is 8.05. The average molecular weight is 382 g/mol.